The van der Waals surface area contributed by atoms with Crippen molar-refractivity contribution in [2.75, 3.05) is 0 Å². The van der Waals surface area contributed by atoms with Crippen LogP contribution in [0, 0.1) is 23.3 Å². The van der Waals surface area contributed by atoms with E-state index >= 15 is 0 Å². The van der Waals surface area contributed by atoms with E-state index in [-0.39, 0.29) is 0 Å². The highest BCUT2D eigenvalue weighted by molar-refractivity contribution is 5.87. The quantitative estimate of drug-likeness (QED) is 0.493. The van der Waals surface area contributed by atoms with Crippen molar-refractivity contribution in [2.24, 2.45) is 0 Å². The third-order valence-corrected chi connectivity index (χ3v) is 2.99. The molecule has 0 aliphatic carbocycles. The van der Waals surface area contributed by atoms with Gasteiger partial charge in [-0.05, 0) is 24.3 Å². The van der Waals surface area contributed by atoms with Crippen molar-refractivity contribution < 1.29 is 31.9 Å². The summed E-state index contributed by atoms with van der Waals surface area (Å²) in [5.74, 6) is -6.31. The topological polar surface area (TPSA) is 43.4 Å². The minimum absolute atomic E-state index is 0.553. The SMILES string of the molecule is O=C(Cc1c(F)cccc1F)OC(=O)Cc1c(F)cccc1F. The third-order valence-electron chi connectivity index (χ3n) is 2.99. The fourth-order valence-electron chi connectivity index (χ4n) is 1.89. The monoisotopic (exact) mass is 326 g/mol. The van der Waals surface area contributed by atoms with Gasteiger partial charge in [0.2, 0.25) is 0 Å². The van der Waals surface area contributed by atoms with Gasteiger partial charge in [0, 0.05) is 11.1 Å². The van der Waals surface area contributed by atoms with E-state index < -0.39 is 59.2 Å². The Morgan fingerprint density at radius 3 is 1.30 bits per heavy atom. The molecule has 0 spiro atoms. The van der Waals surface area contributed by atoms with Gasteiger partial charge >= 0.3 is 11.9 Å². The van der Waals surface area contributed by atoms with Crippen LogP contribution in [-0.4, -0.2) is 11.9 Å². The number of carbonyl (C=O) groups excluding carboxylic acids is 2. The summed E-state index contributed by atoms with van der Waals surface area (Å²) in [6, 6.07) is 6.02. The van der Waals surface area contributed by atoms with Crippen LogP contribution < -0.4 is 0 Å². The first kappa shape index (κ1) is 16.7. The Bertz CT molecular complexity index is 655. The molecule has 120 valence electrons. The number of carbonyl (C=O) groups is 2. The maximum atomic E-state index is 13.4. The van der Waals surface area contributed by atoms with Crippen molar-refractivity contribution in [1.29, 1.82) is 0 Å². The molecule has 0 aliphatic rings. The van der Waals surface area contributed by atoms with Crippen molar-refractivity contribution >= 4 is 11.9 Å². The fraction of sp³-hybridized carbons (Fsp3) is 0.125. The summed E-state index contributed by atoms with van der Waals surface area (Å²) in [5.41, 5.74) is -1.11. The Morgan fingerprint density at radius 1 is 0.696 bits per heavy atom. The molecule has 0 bridgehead atoms. The molecule has 2 aromatic rings. The zero-order valence-electron chi connectivity index (χ0n) is 11.6. The van der Waals surface area contributed by atoms with Crippen LogP contribution in [0.2, 0.25) is 0 Å². The first-order valence-corrected chi connectivity index (χ1v) is 6.47. The van der Waals surface area contributed by atoms with Crippen LogP contribution >= 0.6 is 0 Å². The highest BCUT2D eigenvalue weighted by Gasteiger charge is 2.19. The molecule has 0 amide bonds. The summed E-state index contributed by atoms with van der Waals surface area (Å²) in [6.45, 7) is 0. The Morgan fingerprint density at radius 2 is 1.00 bits per heavy atom. The second kappa shape index (κ2) is 7.04. The molecular weight excluding hydrogens is 316 g/mol. The molecule has 23 heavy (non-hydrogen) atoms. The normalized spacial score (nSPS) is 10.4. The molecule has 0 aromatic heterocycles. The molecule has 2 aromatic carbocycles. The van der Waals surface area contributed by atoms with Crippen molar-refractivity contribution in [3.05, 3.63) is 70.8 Å². The van der Waals surface area contributed by atoms with E-state index in [9.17, 15) is 27.2 Å². The zero-order valence-corrected chi connectivity index (χ0v) is 11.6. The summed E-state index contributed by atoms with van der Waals surface area (Å²) in [4.78, 5) is 23.0. The number of rotatable bonds is 4. The number of hydrogen-bond acceptors (Lipinski definition) is 3. The minimum Gasteiger partial charge on any atom is -0.393 e. The van der Waals surface area contributed by atoms with Crippen LogP contribution in [0.4, 0.5) is 17.6 Å². The Hall–Kier alpha value is -2.70. The fourth-order valence-corrected chi connectivity index (χ4v) is 1.89. The van der Waals surface area contributed by atoms with Gasteiger partial charge in [0.25, 0.3) is 0 Å². The van der Waals surface area contributed by atoms with Gasteiger partial charge in [-0.25, -0.2) is 17.6 Å². The molecule has 0 saturated heterocycles. The summed E-state index contributed by atoms with van der Waals surface area (Å²) >= 11 is 0. The molecule has 0 fully saturated rings. The number of esters is 2. The van der Waals surface area contributed by atoms with E-state index in [0.717, 1.165) is 36.4 Å². The van der Waals surface area contributed by atoms with E-state index in [1.807, 2.05) is 0 Å². The molecule has 0 unspecified atom stereocenters. The number of ether oxygens (including phenoxy) is 1. The number of halogens is 4. The first-order valence-electron chi connectivity index (χ1n) is 6.47. The lowest BCUT2D eigenvalue weighted by Gasteiger charge is -2.06. The summed E-state index contributed by atoms with van der Waals surface area (Å²) in [5, 5.41) is 0. The van der Waals surface area contributed by atoms with Gasteiger partial charge in [0.15, 0.2) is 0 Å². The zero-order chi connectivity index (χ0) is 17.0. The molecule has 0 N–H and O–H groups in total. The standard InChI is InChI=1S/C16H10F4O3/c17-11-3-1-4-12(18)9(11)7-15(21)23-16(22)8-10-13(19)5-2-6-14(10)20/h1-6H,7-8H2. The highest BCUT2D eigenvalue weighted by Crippen LogP contribution is 2.15. The molecule has 3 nitrogen and oxygen atoms in total. The molecule has 7 heteroatoms. The lowest BCUT2D eigenvalue weighted by Crippen LogP contribution is -2.18. The Kier molecular flexibility index (Phi) is 5.10. The molecule has 2 rings (SSSR count). The summed E-state index contributed by atoms with van der Waals surface area (Å²) < 4.78 is 57.8. The Labute approximate surface area is 128 Å². The van der Waals surface area contributed by atoms with Gasteiger partial charge in [-0.3, -0.25) is 9.59 Å². The first-order chi connectivity index (χ1) is 10.9. The molecule has 0 atom stereocenters. The second-order valence-corrected chi connectivity index (χ2v) is 4.60. The number of benzene rings is 2. The average Bonchev–Trinajstić information content (AvgIpc) is 2.47. The Balaban J connectivity index is 2.02. The van der Waals surface area contributed by atoms with Crippen LogP contribution in [0.15, 0.2) is 36.4 Å². The van der Waals surface area contributed by atoms with Crippen LogP contribution in [0.3, 0.4) is 0 Å². The van der Waals surface area contributed by atoms with Crippen molar-refractivity contribution in [3.8, 4) is 0 Å². The minimum atomic E-state index is -1.23. The van der Waals surface area contributed by atoms with Crippen LogP contribution in [0.5, 0.6) is 0 Å². The highest BCUT2D eigenvalue weighted by atomic mass is 19.1. The molecule has 0 heterocycles. The predicted molar refractivity (Wildman–Crippen MR) is 71.2 cm³/mol. The largest absolute Gasteiger partial charge is 0.393 e. The van der Waals surface area contributed by atoms with Crippen LogP contribution in [0.1, 0.15) is 11.1 Å². The lowest BCUT2D eigenvalue weighted by molar-refractivity contribution is -0.158. The van der Waals surface area contributed by atoms with E-state index in [0.29, 0.717) is 0 Å². The predicted octanol–water partition coefficient (Wildman–Crippen LogP) is 3.10. The second-order valence-electron chi connectivity index (χ2n) is 4.60. The molecule has 0 saturated carbocycles. The maximum Gasteiger partial charge on any atom is 0.318 e. The van der Waals surface area contributed by atoms with Crippen molar-refractivity contribution in [1.82, 2.24) is 0 Å². The summed E-state index contributed by atoms with van der Waals surface area (Å²) in [6.07, 6.45) is -1.63. The molecule has 0 aliphatic heterocycles. The molecular formula is C16H10F4O3. The van der Waals surface area contributed by atoms with Crippen molar-refractivity contribution in [3.63, 3.8) is 0 Å². The van der Waals surface area contributed by atoms with E-state index in [4.69, 9.17) is 0 Å². The van der Waals surface area contributed by atoms with Gasteiger partial charge in [-0.1, -0.05) is 12.1 Å². The van der Waals surface area contributed by atoms with Crippen LogP contribution in [-0.2, 0) is 27.2 Å². The lowest BCUT2D eigenvalue weighted by atomic mass is 10.1. The van der Waals surface area contributed by atoms with E-state index in [2.05, 4.69) is 4.74 Å². The van der Waals surface area contributed by atoms with E-state index in [1.165, 1.54) is 0 Å². The summed E-state index contributed by atoms with van der Waals surface area (Å²) in [7, 11) is 0. The van der Waals surface area contributed by atoms with E-state index in [1.54, 1.807) is 0 Å². The van der Waals surface area contributed by atoms with Gasteiger partial charge < -0.3 is 4.74 Å². The van der Waals surface area contributed by atoms with Gasteiger partial charge in [-0.15, -0.1) is 0 Å². The van der Waals surface area contributed by atoms with Gasteiger partial charge in [-0.2, -0.15) is 0 Å². The maximum absolute atomic E-state index is 13.4. The number of hydrogen-bond donors (Lipinski definition) is 0. The smallest absolute Gasteiger partial charge is 0.318 e. The molecule has 0 radical (unpaired) electrons. The van der Waals surface area contributed by atoms with Gasteiger partial charge in [0.1, 0.15) is 23.3 Å². The third kappa shape index (κ3) is 4.15. The van der Waals surface area contributed by atoms with Crippen molar-refractivity contribution in [2.45, 2.75) is 12.8 Å². The average molecular weight is 326 g/mol. The van der Waals surface area contributed by atoms with Crippen LogP contribution in [0.25, 0.3) is 0 Å². The van der Waals surface area contributed by atoms with Gasteiger partial charge in [0.05, 0.1) is 12.8 Å².